The van der Waals surface area contributed by atoms with Crippen molar-refractivity contribution in [2.24, 2.45) is 5.92 Å². The van der Waals surface area contributed by atoms with E-state index in [1.54, 1.807) is 0 Å². The third-order valence-corrected chi connectivity index (χ3v) is 4.33. The summed E-state index contributed by atoms with van der Waals surface area (Å²) >= 11 is 0. The molecule has 1 saturated carbocycles. The molecule has 1 aromatic rings. The second-order valence-electron chi connectivity index (χ2n) is 6.31. The second-order valence-corrected chi connectivity index (χ2v) is 6.31. The fourth-order valence-electron chi connectivity index (χ4n) is 3.33. The van der Waals surface area contributed by atoms with Crippen LogP contribution in [0.15, 0.2) is 16.5 Å². The maximum Gasteiger partial charge on any atom is 0.118 e. The first-order chi connectivity index (χ1) is 9.69. The summed E-state index contributed by atoms with van der Waals surface area (Å²) < 4.78 is 5.68. The lowest BCUT2D eigenvalue weighted by atomic mass is 9.84. The summed E-state index contributed by atoms with van der Waals surface area (Å²) in [6.07, 6.45) is 6.72. The summed E-state index contributed by atoms with van der Waals surface area (Å²) in [6, 6.07) is 4.86. The molecule has 114 valence electrons. The molecule has 0 bridgehead atoms. The summed E-state index contributed by atoms with van der Waals surface area (Å²) in [5.41, 5.74) is 0. The molecule has 1 fully saturated rings. The number of rotatable bonds is 7. The van der Waals surface area contributed by atoms with Crippen molar-refractivity contribution in [2.75, 3.05) is 20.1 Å². The molecule has 0 aliphatic heterocycles. The van der Waals surface area contributed by atoms with Crippen LogP contribution in [-0.4, -0.2) is 31.1 Å². The van der Waals surface area contributed by atoms with Gasteiger partial charge < -0.3 is 9.73 Å². The summed E-state index contributed by atoms with van der Waals surface area (Å²) in [5, 5.41) is 3.74. The van der Waals surface area contributed by atoms with Crippen molar-refractivity contribution < 1.29 is 4.42 Å². The van der Waals surface area contributed by atoms with E-state index in [-0.39, 0.29) is 0 Å². The number of nitrogens with one attached hydrogen (secondary N) is 1. The Morgan fingerprint density at radius 3 is 2.80 bits per heavy atom. The lowest BCUT2D eigenvalue weighted by molar-refractivity contribution is 0.178. The van der Waals surface area contributed by atoms with E-state index >= 15 is 0 Å². The Labute approximate surface area is 123 Å². The zero-order valence-electron chi connectivity index (χ0n) is 13.3. The third-order valence-electron chi connectivity index (χ3n) is 4.33. The van der Waals surface area contributed by atoms with Crippen molar-refractivity contribution in [3.05, 3.63) is 23.7 Å². The Kier molecular flexibility index (Phi) is 6.11. The molecule has 1 aliphatic carbocycles. The first kappa shape index (κ1) is 15.6. The number of aryl methyl sites for hydroxylation is 1. The molecule has 1 aromatic heterocycles. The first-order valence-corrected chi connectivity index (χ1v) is 8.16. The van der Waals surface area contributed by atoms with Crippen LogP contribution < -0.4 is 5.32 Å². The van der Waals surface area contributed by atoms with Crippen LogP contribution >= 0.6 is 0 Å². The standard InChI is InChI=1S/C17H30N2O/c1-4-11-18-17-8-6-5-7-15(17)12-19(3)13-16-10-9-14(2)20-16/h9-10,15,17-18H,4-8,11-13H2,1-3H3. The van der Waals surface area contributed by atoms with Crippen molar-refractivity contribution in [1.29, 1.82) is 0 Å². The topological polar surface area (TPSA) is 28.4 Å². The fourth-order valence-corrected chi connectivity index (χ4v) is 3.33. The molecule has 1 N–H and O–H groups in total. The molecule has 0 radical (unpaired) electrons. The molecule has 2 unspecified atom stereocenters. The molecule has 0 aromatic carbocycles. The van der Waals surface area contributed by atoms with Crippen LogP contribution in [0.3, 0.4) is 0 Å². The Hall–Kier alpha value is -0.800. The molecule has 0 amide bonds. The third kappa shape index (κ3) is 4.64. The van der Waals surface area contributed by atoms with E-state index in [4.69, 9.17) is 4.42 Å². The van der Waals surface area contributed by atoms with Gasteiger partial charge in [0.05, 0.1) is 6.54 Å². The van der Waals surface area contributed by atoms with Crippen LogP contribution in [0.4, 0.5) is 0 Å². The number of hydrogen-bond donors (Lipinski definition) is 1. The van der Waals surface area contributed by atoms with Gasteiger partial charge >= 0.3 is 0 Å². The average Bonchev–Trinajstić information content (AvgIpc) is 2.83. The van der Waals surface area contributed by atoms with Crippen molar-refractivity contribution in [2.45, 2.75) is 58.5 Å². The van der Waals surface area contributed by atoms with E-state index in [0.29, 0.717) is 6.04 Å². The monoisotopic (exact) mass is 278 g/mol. The van der Waals surface area contributed by atoms with Crippen LogP contribution in [0.2, 0.25) is 0 Å². The highest BCUT2D eigenvalue weighted by molar-refractivity contribution is 5.05. The van der Waals surface area contributed by atoms with Crippen LogP contribution in [0, 0.1) is 12.8 Å². The van der Waals surface area contributed by atoms with Crippen LogP contribution in [0.25, 0.3) is 0 Å². The Morgan fingerprint density at radius 2 is 2.10 bits per heavy atom. The number of furan rings is 1. The molecule has 2 atom stereocenters. The van der Waals surface area contributed by atoms with Crippen molar-refractivity contribution in [1.82, 2.24) is 10.2 Å². The maximum atomic E-state index is 5.68. The zero-order valence-corrected chi connectivity index (χ0v) is 13.3. The molecule has 20 heavy (non-hydrogen) atoms. The van der Waals surface area contributed by atoms with Crippen LogP contribution in [0.1, 0.15) is 50.5 Å². The normalized spacial score (nSPS) is 23.4. The molecule has 0 saturated heterocycles. The van der Waals surface area contributed by atoms with Gasteiger partial charge in [-0.2, -0.15) is 0 Å². The molecule has 1 heterocycles. The minimum Gasteiger partial charge on any atom is -0.465 e. The molecule has 0 spiro atoms. The number of nitrogens with zero attached hydrogens (tertiary/aromatic N) is 1. The Balaban J connectivity index is 1.82. The van der Waals surface area contributed by atoms with E-state index in [0.717, 1.165) is 30.5 Å². The van der Waals surface area contributed by atoms with Gasteiger partial charge in [0, 0.05) is 12.6 Å². The smallest absolute Gasteiger partial charge is 0.118 e. The lowest BCUT2D eigenvalue weighted by Crippen LogP contribution is -2.43. The van der Waals surface area contributed by atoms with Gasteiger partial charge in [-0.15, -0.1) is 0 Å². The predicted molar refractivity (Wildman–Crippen MR) is 83.8 cm³/mol. The van der Waals surface area contributed by atoms with E-state index < -0.39 is 0 Å². The molecule has 3 heteroatoms. The quantitative estimate of drug-likeness (QED) is 0.826. The van der Waals surface area contributed by atoms with E-state index in [1.165, 1.54) is 38.6 Å². The molecule has 2 rings (SSSR count). The van der Waals surface area contributed by atoms with Gasteiger partial charge in [-0.05, 0) is 57.8 Å². The van der Waals surface area contributed by atoms with Gasteiger partial charge in [0.15, 0.2) is 0 Å². The van der Waals surface area contributed by atoms with Gasteiger partial charge in [0.2, 0.25) is 0 Å². The van der Waals surface area contributed by atoms with Crippen molar-refractivity contribution in [3.8, 4) is 0 Å². The second kappa shape index (κ2) is 7.84. The van der Waals surface area contributed by atoms with Crippen LogP contribution in [0.5, 0.6) is 0 Å². The Bertz CT molecular complexity index is 388. The molecular formula is C17H30N2O. The largest absolute Gasteiger partial charge is 0.465 e. The highest BCUT2D eigenvalue weighted by Gasteiger charge is 2.25. The average molecular weight is 278 g/mol. The summed E-state index contributed by atoms with van der Waals surface area (Å²) in [5.74, 6) is 2.88. The molecule has 1 aliphatic rings. The van der Waals surface area contributed by atoms with Gasteiger partial charge in [-0.3, -0.25) is 4.90 Å². The Morgan fingerprint density at radius 1 is 1.30 bits per heavy atom. The van der Waals surface area contributed by atoms with Crippen LogP contribution in [-0.2, 0) is 6.54 Å². The van der Waals surface area contributed by atoms with Gasteiger partial charge in [0.1, 0.15) is 11.5 Å². The number of hydrogen-bond acceptors (Lipinski definition) is 3. The highest BCUT2D eigenvalue weighted by Crippen LogP contribution is 2.25. The first-order valence-electron chi connectivity index (χ1n) is 8.16. The summed E-state index contributed by atoms with van der Waals surface area (Å²) in [4.78, 5) is 2.41. The van der Waals surface area contributed by atoms with Gasteiger partial charge in [-0.25, -0.2) is 0 Å². The highest BCUT2D eigenvalue weighted by atomic mass is 16.3. The predicted octanol–water partition coefficient (Wildman–Crippen LogP) is 3.58. The lowest BCUT2D eigenvalue weighted by Gasteiger charge is -2.34. The van der Waals surface area contributed by atoms with Crippen molar-refractivity contribution in [3.63, 3.8) is 0 Å². The van der Waals surface area contributed by atoms with Gasteiger partial charge in [0.25, 0.3) is 0 Å². The van der Waals surface area contributed by atoms with Gasteiger partial charge in [-0.1, -0.05) is 19.8 Å². The molecule has 3 nitrogen and oxygen atoms in total. The SMILES string of the molecule is CCCNC1CCCCC1CN(C)Cc1ccc(C)o1. The minimum atomic E-state index is 0.712. The van der Waals surface area contributed by atoms with Crippen molar-refractivity contribution >= 4 is 0 Å². The summed E-state index contributed by atoms with van der Waals surface area (Å²) in [6.45, 7) is 7.50. The van der Waals surface area contributed by atoms with E-state index in [9.17, 15) is 0 Å². The zero-order chi connectivity index (χ0) is 14.4. The maximum absolute atomic E-state index is 5.68. The molecular weight excluding hydrogens is 248 g/mol. The van der Waals surface area contributed by atoms with E-state index in [2.05, 4.69) is 36.3 Å². The minimum absolute atomic E-state index is 0.712. The van der Waals surface area contributed by atoms with E-state index in [1.807, 2.05) is 6.92 Å². The fraction of sp³-hybridized carbons (Fsp3) is 0.765. The summed E-state index contributed by atoms with van der Waals surface area (Å²) in [7, 11) is 2.21.